The van der Waals surface area contributed by atoms with Gasteiger partial charge >= 0.3 is 0 Å². The molecule has 4 N–H and O–H groups in total. The smallest absolute Gasteiger partial charge is 0.263 e. The Labute approximate surface area is 197 Å². The molecule has 1 aromatic heterocycles. The summed E-state index contributed by atoms with van der Waals surface area (Å²) in [4.78, 5) is 16.9. The van der Waals surface area contributed by atoms with Gasteiger partial charge in [-0.05, 0) is 36.8 Å². The Kier molecular flexibility index (Phi) is 7.36. The van der Waals surface area contributed by atoms with Gasteiger partial charge in [0.2, 0.25) is 0 Å². The lowest BCUT2D eigenvalue weighted by molar-refractivity contribution is 0.101. The van der Waals surface area contributed by atoms with Crippen LogP contribution in [0.3, 0.4) is 0 Å². The van der Waals surface area contributed by atoms with E-state index < -0.39 is 28.5 Å². The van der Waals surface area contributed by atoms with E-state index in [1.165, 1.54) is 0 Å². The second-order valence-corrected chi connectivity index (χ2v) is 8.94. The van der Waals surface area contributed by atoms with Crippen molar-refractivity contribution in [3.63, 3.8) is 0 Å². The summed E-state index contributed by atoms with van der Waals surface area (Å²) in [6.07, 6.45) is 5.79. The number of hydrogen-bond donors (Lipinski definition) is 3. The number of benzene rings is 2. The molecule has 1 amide bonds. The molecule has 32 heavy (non-hydrogen) atoms. The zero-order valence-corrected chi connectivity index (χ0v) is 19.1. The average Bonchev–Trinajstić information content (AvgIpc) is 3.12. The fourth-order valence-corrected chi connectivity index (χ4v) is 4.38. The summed E-state index contributed by atoms with van der Waals surface area (Å²) in [6, 6.07) is 8.91. The Bertz CT molecular complexity index is 1170. The zero-order chi connectivity index (χ0) is 23.5. The summed E-state index contributed by atoms with van der Waals surface area (Å²) in [7, 11) is 0. The molecule has 0 radical (unpaired) electrons. The van der Waals surface area contributed by atoms with Crippen LogP contribution in [-0.2, 0) is 5.41 Å². The van der Waals surface area contributed by atoms with E-state index in [1.807, 2.05) is 0 Å². The van der Waals surface area contributed by atoms with Crippen LogP contribution in [0.1, 0.15) is 28.5 Å². The molecule has 0 aliphatic rings. The quantitative estimate of drug-likeness (QED) is 0.389. The molecule has 3 aromatic rings. The number of anilines is 2. The minimum atomic E-state index is -1.03. The monoisotopic (exact) mass is 494 g/mol. The van der Waals surface area contributed by atoms with Crippen LogP contribution in [0.5, 0.6) is 0 Å². The molecule has 0 spiro atoms. The summed E-state index contributed by atoms with van der Waals surface area (Å²) in [5.41, 5.74) is 4.82. The van der Waals surface area contributed by atoms with Crippen molar-refractivity contribution in [3.05, 3.63) is 74.2 Å². The predicted octanol–water partition coefficient (Wildman–Crippen LogP) is 5.29. The largest absolute Gasteiger partial charge is 0.384 e. The topological polar surface area (TPSA) is 80.0 Å². The van der Waals surface area contributed by atoms with Gasteiger partial charge < -0.3 is 11.1 Å². The Morgan fingerprint density at radius 2 is 1.88 bits per heavy atom. The maximum absolute atomic E-state index is 14.4. The van der Waals surface area contributed by atoms with Crippen LogP contribution in [0.4, 0.5) is 19.6 Å². The van der Waals surface area contributed by atoms with E-state index in [2.05, 4.69) is 21.5 Å². The second-order valence-electron chi connectivity index (χ2n) is 6.90. The van der Waals surface area contributed by atoms with Crippen LogP contribution < -0.4 is 16.4 Å². The lowest BCUT2D eigenvalue weighted by Gasteiger charge is -2.22. The normalized spacial score (nSPS) is 12.7. The Morgan fingerprint density at radius 1 is 1.25 bits per heavy atom. The molecular weight excluding hydrogens is 477 g/mol. The van der Waals surface area contributed by atoms with Crippen LogP contribution in [0, 0.1) is 24.0 Å². The predicted molar refractivity (Wildman–Crippen MR) is 126 cm³/mol. The summed E-state index contributed by atoms with van der Waals surface area (Å²) >= 11 is 13.3. The number of hydrogen-bond acceptors (Lipinski definition) is 5. The van der Waals surface area contributed by atoms with Gasteiger partial charge in [0.1, 0.15) is 21.5 Å². The molecule has 5 nitrogen and oxygen atoms in total. The van der Waals surface area contributed by atoms with Crippen molar-refractivity contribution in [1.29, 1.82) is 0 Å². The van der Waals surface area contributed by atoms with Gasteiger partial charge in [-0.2, -0.15) is 0 Å². The molecule has 166 valence electrons. The highest BCUT2D eigenvalue weighted by molar-refractivity contribution is 7.19. The fraction of sp³-hybridized carbons (Fsp3) is 0.182. The van der Waals surface area contributed by atoms with Gasteiger partial charge in [-0.25, -0.2) is 13.8 Å². The molecule has 0 saturated heterocycles. The van der Waals surface area contributed by atoms with Crippen LogP contribution in [-0.4, -0.2) is 24.0 Å². The second kappa shape index (κ2) is 9.84. The van der Waals surface area contributed by atoms with Gasteiger partial charge in [-0.15, -0.1) is 6.42 Å². The molecule has 0 unspecified atom stereocenters. The molecular formula is C22H18Cl2F2N4OS. The molecule has 0 aliphatic carbocycles. The first-order chi connectivity index (χ1) is 15.2. The molecule has 1 heterocycles. The fourth-order valence-electron chi connectivity index (χ4n) is 3.00. The first-order valence-electron chi connectivity index (χ1n) is 9.34. The van der Waals surface area contributed by atoms with Gasteiger partial charge in [0.05, 0.1) is 11.1 Å². The third-order valence-corrected chi connectivity index (χ3v) is 6.15. The number of thiazole rings is 1. The molecule has 0 aliphatic heterocycles. The molecule has 0 bridgehead atoms. The lowest BCUT2D eigenvalue weighted by atomic mass is 9.81. The minimum Gasteiger partial charge on any atom is -0.384 e. The highest BCUT2D eigenvalue weighted by Crippen LogP contribution is 2.40. The zero-order valence-electron chi connectivity index (χ0n) is 16.8. The standard InChI is InChI=1S/C22H18Cl2F2N4OS/c1-3-22(2,12-4-6-13(23)7-5-12)18-19(24)32-21(29-18)30-20(31)17-15(25)10-14(11-16(17)26)28-9-8-27/h1,4-7,10-11,28H,8-9,27H2,2H3,(H,29,30,31)/t22-/m1/s1. The lowest BCUT2D eigenvalue weighted by Crippen LogP contribution is -2.22. The Morgan fingerprint density at radius 3 is 2.44 bits per heavy atom. The molecule has 2 aromatic carbocycles. The van der Waals surface area contributed by atoms with Gasteiger partial charge in [0.15, 0.2) is 5.13 Å². The van der Waals surface area contributed by atoms with E-state index in [1.54, 1.807) is 31.2 Å². The Hall–Kier alpha value is -2.70. The van der Waals surface area contributed by atoms with Crippen molar-refractivity contribution in [1.82, 2.24) is 4.98 Å². The molecule has 10 heteroatoms. The highest BCUT2D eigenvalue weighted by atomic mass is 35.5. The first-order valence-corrected chi connectivity index (χ1v) is 10.9. The first kappa shape index (κ1) is 24.0. The van der Waals surface area contributed by atoms with Crippen molar-refractivity contribution in [2.75, 3.05) is 23.7 Å². The van der Waals surface area contributed by atoms with E-state index in [0.717, 1.165) is 23.5 Å². The van der Waals surface area contributed by atoms with Crippen molar-refractivity contribution < 1.29 is 13.6 Å². The number of halogens is 4. The van der Waals surface area contributed by atoms with Crippen LogP contribution in [0.15, 0.2) is 36.4 Å². The third kappa shape index (κ3) is 4.87. The Balaban J connectivity index is 1.89. The number of nitrogens with one attached hydrogen (secondary N) is 2. The van der Waals surface area contributed by atoms with Gasteiger partial charge in [-0.1, -0.05) is 52.6 Å². The molecule has 0 fully saturated rings. The SMILES string of the molecule is C#C[C@](C)(c1ccc(Cl)cc1)c1nc(NC(=O)c2c(F)cc(NCCN)cc2F)sc1Cl. The van der Waals surface area contributed by atoms with Gasteiger partial charge in [-0.3, -0.25) is 10.1 Å². The van der Waals surface area contributed by atoms with E-state index >= 15 is 0 Å². The number of rotatable bonds is 7. The van der Waals surface area contributed by atoms with E-state index in [-0.39, 0.29) is 21.7 Å². The third-order valence-electron chi connectivity index (χ3n) is 4.73. The number of nitrogens with zero attached hydrogens (tertiary/aromatic N) is 1. The number of terminal acetylenes is 1. The van der Waals surface area contributed by atoms with E-state index in [4.69, 9.17) is 35.4 Å². The maximum atomic E-state index is 14.4. The highest BCUT2D eigenvalue weighted by Gasteiger charge is 2.33. The number of aromatic nitrogens is 1. The van der Waals surface area contributed by atoms with Crippen LogP contribution in [0.25, 0.3) is 0 Å². The maximum Gasteiger partial charge on any atom is 0.263 e. The molecule has 3 rings (SSSR count). The van der Waals surface area contributed by atoms with E-state index in [9.17, 15) is 13.6 Å². The number of carbonyl (C=O) groups is 1. The van der Waals surface area contributed by atoms with Crippen LogP contribution >= 0.6 is 34.5 Å². The van der Waals surface area contributed by atoms with Gasteiger partial charge in [0.25, 0.3) is 5.91 Å². The minimum absolute atomic E-state index is 0.0505. The number of carbonyl (C=O) groups excluding carboxylic acids is 1. The number of amides is 1. The summed E-state index contributed by atoms with van der Waals surface area (Å²) in [5.74, 6) is -0.381. The van der Waals surface area contributed by atoms with Crippen molar-refractivity contribution in [2.45, 2.75) is 12.3 Å². The molecule has 0 saturated carbocycles. The van der Waals surface area contributed by atoms with Crippen LogP contribution in [0.2, 0.25) is 9.36 Å². The van der Waals surface area contributed by atoms with Crippen molar-refractivity contribution in [2.24, 2.45) is 5.73 Å². The average molecular weight is 495 g/mol. The van der Waals surface area contributed by atoms with Crippen molar-refractivity contribution >= 4 is 51.3 Å². The summed E-state index contributed by atoms with van der Waals surface area (Å²) < 4.78 is 29.1. The van der Waals surface area contributed by atoms with E-state index in [0.29, 0.717) is 22.8 Å². The number of nitrogens with two attached hydrogens (primary N) is 1. The van der Waals surface area contributed by atoms with Gasteiger partial charge in [0, 0.05) is 23.8 Å². The summed E-state index contributed by atoms with van der Waals surface area (Å²) in [5, 5.41) is 5.74. The summed E-state index contributed by atoms with van der Waals surface area (Å²) in [6.45, 7) is 2.35. The van der Waals surface area contributed by atoms with Crippen molar-refractivity contribution in [3.8, 4) is 12.3 Å². The molecule has 1 atom stereocenters.